The molecule has 4 heterocycles. The van der Waals surface area contributed by atoms with E-state index in [1.54, 1.807) is 6.20 Å². The first-order valence-electron chi connectivity index (χ1n) is 13.1. The van der Waals surface area contributed by atoms with Crippen LogP contribution < -0.4 is 10.3 Å². The van der Waals surface area contributed by atoms with Crippen LogP contribution in [0.5, 0.6) is 5.75 Å². The predicted octanol–water partition coefficient (Wildman–Crippen LogP) is 4.84. The third-order valence-corrected chi connectivity index (χ3v) is 8.29. The van der Waals surface area contributed by atoms with Crippen LogP contribution >= 0.6 is 0 Å². The molecule has 1 saturated heterocycles. The van der Waals surface area contributed by atoms with E-state index >= 15 is 0 Å². The van der Waals surface area contributed by atoms with Crippen molar-refractivity contribution in [3.05, 3.63) is 45.5 Å². The highest BCUT2D eigenvalue weighted by Crippen LogP contribution is 2.45. The SMILES string of the molecule is CN1CCC(c2ccc3[nH]c(-c4c(=O)[nH]cc5c(C#N)c(C6CC6)[nH]c45)nc3c2OCC2(F)CC2)CC1. The van der Waals surface area contributed by atoms with E-state index in [-0.39, 0.29) is 12.2 Å². The van der Waals surface area contributed by atoms with Crippen molar-refractivity contribution in [2.45, 2.75) is 56.0 Å². The molecule has 8 nitrogen and oxygen atoms in total. The Morgan fingerprint density at radius 1 is 1.19 bits per heavy atom. The van der Waals surface area contributed by atoms with Crippen molar-refractivity contribution in [1.82, 2.24) is 24.8 Å². The van der Waals surface area contributed by atoms with Crippen molar-refractivity contribution in [1.29, 1.82) is 5.26 Å². The number of alkyl halides is 1. The van der Waals surface area contributed by atoms with Crippen molar-refractivity contribution in [2.75, 3.05) is 26.7 Å². The van der Waals surface area contributed by atoms with Gasteiger partial charge in [0.1, 0.15) is 35.2 Å². The molecule has 37 heavy (non-hydrogen) atoms. The number of nitrogens with one attached hydrogen (secondary N) is 3. The minimum absolute atomic E-state index is 0.0109. The number of aromatic amines is 3. The molecule has 0 radical (unpaired) electrons. The summed E-state index contributed by atoms with van der Waals surface area (Å²) in [7, 11) is 2.13. The summed E-state index contributed by atoms with van der Waals surface area (Å²) in [5.41, 5.74) is 3.30. The third-order valence-electron chi connectivity index (χ3n) is 8.29. The fraction of sp³-hybridized carbons (Fsp3) is 0.464. The summed E-state index contributed by atoms with van der Waals surface area (Å²) in [6, 6.07) is 6.36. The van der Waals surface area contributed by atoms with Gasteiger partial charge in [-0.1, -0.05) is 6.07 Å². The number of aromatic nitrogens is 4. The lowest BCUT2D eigenvalue weighted by Crippen LogP contribution is -2.29. The number of nitriles is 1. The molecule has 3 aliphatic rings. The molecule has 1 aliphatic heterocycles. The molecule has 2 saturated carbocycles. The second-order valence-electron chi connectivity index (χ2n) is 11.1. The largest absolute Gasteiger partial charge is 0.488 e. The van der Waals surface area contributed by atoms with Crippen LogP contribution in [0.15, 0.2) is 23.1 Å². The van der Waals surface area contributed by atoms with Crippen LogP contribution in [-0.2, 0) is 0 Å². The van der Waals surface area contributed by atoms with E-state index in [4.69, 9.17) is 9.72 Å². The van der Waals surface area contributed by atoms with E-state index < -0.39 is 5.67 Å². The first-order valence-corrected chi connectivity index (χ1v) is 13.1. The van der Waals surface area contributed by atoms with E-state index in [1.165, 1.54) is 0 Å². The molecule has 7 rings (SSSR count). The standard InChI is InChI=1S/C28H29FN6O2/c1-35-10-6-15(7-11-35)17-4-5-20-24(25(17)37-14-28(29)8-9-28)34-26(32-20)21-23-19(13-31-27(21)36)18(12-30)22(33-23)16-2-3-16/h4-5,13,15-16,33H,2-3,6-11,14H2,1H3,(H,31,36)(H,32,34). The number of likely N-dealkylation sites (tertiary alicyclic amines) is 1. The number of nitrogens with zero attached hydrogens (tertiary/aromatic N) is 3. The molecule has 9 heteroatoms. The molecule has 0 spiro atoms. The lowest BCUT2D eigenvalue weighted by atomic mass is 9.88. The second-order valence-corrected chi connectivity index (χ2v) is 11.1. The Kier molecular flexibility index (Phi) is 4.99. The number of hydrogen-bond donors (Lipinski definition) is 3. The average molecular weight is 501 g/mol. The van der Waals surface area contributed by atoms with E-state index in [2.05, 4.69) is 39.0 Å². The van der Waals surface area contributed by atoms with Gasteiger partial charge >= 0.3 is 0 Å². The molecule has 1 aromatic carbocycles. The van der Waals surface area contributed by atoms with Crippen LogP contribution in [0, 0.1) is 11.3 Å². The van der Waals surface area contributed by atoms with Gasteiger partial charge in [-0.3, -0.25) is 4.79 Å². The highest BCUT2D eigenvalue weighted by atomic mass is 19.1. The summed E-state index contributed by atoms with van der Waals surface area (Å²) >= 11 is 0. The van der Waals surface area contributed by atoms with Crippen molar-refractivity contribution < 1.29 is 9.13 Å². The van der Waals surface area contributed by atoms with Gasteiger partial charge in [-0.05, 0) is 76.2 Å². The Bertz CT molecular complexity index is 1630. The first kappa shape index (κ1) is 22.5. The topological polar surface area (TPSA) is 114 Å². The quantitative estimate of drug-likeness (QED) is 0.351. The van der Waals surface area contributed by atoms with Crippen molar-refractivity contribution in [3.8, 4) is 23.2 Å². The number of H-pyrrole nitrogens is 3. The number of pyridine rings is 1. The van der Waals surface area contributed by atoms with Crippen LogP contribution in [0.3, 0.4) is 0 Å². The van der Waals surface area contributed by atoms with Crippen molar-refractivity contribution in [3.63, 3.8) is 0 Å². The number of fused-ring (bicyclic) bond motifs is 2. The molecule has 190 valence electrons. The highest BCUT2D eigenvalue weighted by molar-refractivity contribution is 5.98. The van der Waals surface area contributed by atoms with Gasteiger partial charge in [-0.2, -0.15) is 5.26 Å². The molecule has 3 fully saturated rings. The number of hydrogen-bond acceptors (Lipinski definition) is 5. The predicted molar refractivity (Wildman–Crippen MR) is 139 cm³/mol. The van der Waals surface area contributed by atoms with E-state index in [0.29, 0.717) is 63.8 Å². The summed E-state index contributed by atoms with van der Waals surface area (Å²) in [4.78, 5) is 29.8. The normalized spacial score (nSPS) is 19.9. The molecule has 0 bridgehead atoms. The summed E-state index contributed by atoms with van der Waals surface area (Å²) in [6.45, 7) is 2.00. The van der Waals surface area contributed by atoms with Crippen LogP contribution in [0.1, 0.15) is 67.2 Å². The molecule has 3 aromatic heterocycles. The number of rotatable bonds is 6. The Balaban J connectivity index is 1.38. The average Bonchev–Trinajstić information content (AvgIpc) is 3.80. The van der Waals surface area contributed by atoms with Crippen LogP contribution in [0.4, 0.5) is 4.39 Å². The highest BCUT2D eigenvalue weighted by Gasteiger charge is 2.44. The lowest BCUT2D eigenvalue weighted by Gasteiger charge is -2.30. The van der Waals surface area contributed by atoms with Crippen LogP contribution in [0.2, 0.25) is 0 Å². The summed E-state index contributed by atoms with van der Waals surface area (Å²) in [5.74, 6) is 1.65. The Hall–Kier alpha value is -3.64. The molecule has 0 amide bonds. The van der Waals surface area contributed by atoms with Gasteiger partial charge in [0.15, 0.2) is 5.75 Å². The molecular weight excluding hydrogens is 471 g/mol. The van der Waals surface area contributed by atoms with Crippen LogP contribution in [-0.4, -0.2) is 57.2 Å². The summed E-state index contributed by atoms with van der Waals surface area (Å²) in [6.07, 6.45) is 6.71. The molecule has 0 unspecified atom stereocenters. The van der Waals surface area contributed by atoms with Gasteiger partial charge in [0.05, 0.1) is 16.6 Å². The van der Waals surface area contributed by atoms with E-state index in [1.807, 2.05) is 6.07 Å². The van der Waals surface area contributed by atoms with Gasteiger partial charge in [0, 0.05) is 23.2 Å². The van der Waals surface area contributed by atoms with Gasteiger partial charge < -0.3 is 24.6 Å². The maximum atomic E-state index is 14.6. The zero-order chi connectivity index (χ0) is 25.3. The minimum atomic E-state index is -1.26. The van der Waals surface area contributed by atoms with Crippen molar-refractivity contribution in [2.24, 2.45) is 0 Å². The third kappa shape index (κ3) is 3.82. The van der Waals surface area contributed by atoms with Crippen LogP contribution in [0.25, 0.3) is 33.3 Å². The zero-order valence-corrected chi connectivity index (χ0v) is 20.8. The fourth-order valence-electron chi connectivity index (χ4n) is 5.68. The van der Waals surface area contributed by atoms with Gasteiger partial charge in [0.2, 0.25) is 0 Å². The maximum absolute atomic E-state index is 14.6. The Labute approximate surface area is 212 Å². The minimum Gasteiger partial charge on any atom is -0.488 e. The lowest BCUT2D eigenvalue weighted by molar-refractivity contribution is 0.175. The van der Waals surface area contributed by atoms with Gasteiger partial charge in [-0.25, -0.2) is 9.37 Å². The number of imidazole rings is 1. The summed E-state index contributed by atoms with van der Waals surface area (Å²) in [5, 5.41) is 10.5. The van der Waals surface area contributed by atoms with Gasteiger partial charge in [-0.15, -0.1) is 0 Å². The molecular formula is C28H29FN6O2. The number of benzene rings is 1. The van der Waals surface area contributed by atoms with Gasteiger partial charge in [0.25, 0.3) is 5.56 Å². The Morgan fingerprint density at radius 2 is 1.97 bits per heavy atom. The van der Waals surface area contributed by atoms with E-state index in [9.17, 15) is 14.4 Å². The number of halogens is 1. The molecule has 4 aromatic rings. The number of piperidine rings is 1. The zero-order valence-electron chi connectivity index (χ0n) is 20.8. The first-order chi connectivity index (χ1) is 17.9. The second kappa shape index (κ2) is 8.18. The summed E-state index contributed by atoms with van der Waals surface area (Å²) < 4.78 is 20.8. The smallest absolute Gasteiger partial charge is 0.261 e. The van der Waals surface area contributed by atoms with Crippen molar-refractivity contribution >= 4 is 21.9 Å². The monoisotopic (exact) mass is 500 g/mol. The molecule has 3 N–H and O–H groups in total. The molecule has 2 aliphatic carbocycles. The maximum Gasteiger partial charge on any atom is 0.261 e. The molecule has 0 atom stereocenters. The number of ether oxygens (including phenoxy) is 1. The Morgan fingerprint density at radius 3 is 2.68 bits per heavy atom. The van der Waals surface area contributed by atoms with E-state index in [0.717, 1.165) is 55.5 Å². The fourth-order valence-corrected chi connectivity index (χ4v) is 5.68.